The van der Waals surface area contributed by atoms with Crippen LogP contribution in [0.15, 0.2) is 35.3 Å². The van der Waals surface area contributed by atoms with Gasteiger partial charge in [0.15, 0.2) is 5.96 Å². The van der Waals surface area contributed by atoms with Crippen molar-refractivity contribution in [3.63, 3.8) is 0 Å². The molecule has 0 aliphatic heterocycles. The fourth-order valence-electron chi connectivity index (χ4n) is 3.45. The Morgan fingerprint density at radius 2 is 1.51 bits per heavy atom. The maximum Gasteiger partial charge on any atom is 0.326 e. The minimum atomic E-state index is -1.51. The van der Waals surface area contributed by atoms with Gasteiger partial charge in [-0.1, -0.05) is 30.3 Å². The molecule has 0 fully saturated rings. The Bertz CT molecular complexity index is 1010. The molecule has 0 heterocycles. The van der Waals surface area contributed by atoms with E-state index in [0.29, 0.717) is 5.56 Å². The first-order chi connectivity index (χ1) is 18.3. The van der Waals surface area contributed by atoms with Crippen molar-refractivity contribution in [2.75, 3.05) is 6.54 Å². The number of nitrogens with one attached hydrogen (secondary N) is 3. The minimum absolute atomic E-state index is 0.00459. The van der Waals surface area contributed by atoms with Crippen molar-refractivity contribution >= 4 is 35.6 Å². The number of nitrogens with two attached hydrogens (primary N) is 4. The smallest absolute Gasteiger partial charge is 0.326 e. The fraction of sp³-hybridized carbons (Fsp3) is 0.500. The number of aliphatic hydroxyl groups is 1. The number of rotatable bonds is 17. The van der Waals surface area contributed by atoms with Crippen LogP contribution in [0.3, 0.4) is 0 Å². The third kappa shape index (κ3) is 12.7. The summed E-state index contributed by atoms with van der Waals surface area (Å²) in [5, 5.41) is 26.9. The molecule has 0 aromatic heterocycles. The lowest BCUT2D eigenvalue weighted by molar-refractivity contribution is -0.142. The van der Waals surface area contributed by atoms with E-state index < -0.39 is 59.9 Å². The highest BCUT2D eigenvalue weighted by Crippen LogP contribution is 2.07. The van der Waals surface area contributed by atoms with Gasteiger partial charge in [-0.05, 0) is 31.7 Å². The number of carboxylic acids is 1. The topological polar surface area (TPSA) is 278 Å². The molecule has 0 aliphatic carbocycles. The number of aliphatic carboxylic acids is 1. The Kier molecular flexibility index (Phi) is 13.9. The third-order valence-corrected chi connectivity index (χ3v) is 5.58. The van der Waals surface area contributed by atoms with E-state index in [0.717, 1.165) is 0 Å². The molecule has 216 valence electrons. The van der Waals surface area contributed by atoms with Gasteiger partial charge in [-0.15, -0.1) is 0 Å². The Labute approximate surface area is 225 Å². The van der Waals surface area contributed by atoms with Crippen LogP contribution in [0.5, 0.6) is 0 Å². The number of nitrogens with zero attached hydrogens (tertiary/aromatic N) is 1. The number of carboxylic acid groups (broad SMARTS) is 1. The molecule has 0 aliphatic rings. The van der Waals surface area contributed by atoms with Crippen LogP contribution in [-0.4, -0.2) is 82.6 Å². The van der Waals surface area contributed by atoms with Gasteiger partial charge in [0, 0.05) is 19.4 Å². The van der Waals surface area contributed by atoms with Crippen LogP contribution < -0.4 is 38.9 Å². The maximum atomic E-state index is 13.1. The van der Waals surface area contributed by atoms with Crippen LogP contribution in [0.25, 0.3) is 0 Å². The summed E-state index contributed by atoms with van der Waals surface area (Å²) in [5.41, 5.74) is 22.1. The number of amides is 4. The van der Waals surface area contributed by atoms with E-state index in [2.05, 4.69) is 20.9 Å². The van der Waals surface area contributed by atoms with Crippen molar-refractivity contribution in [3.8, 4) is 0 Å². The van der Waals surface area contributed by atoms with Gasteiger partial charge in [-0.25, -0.2) is 4.79 Å². The third-order valence-electron chi connectivity index (χ3n) is 5.58. The van der Waals surface area contributed by atoms with Gasteiger partial charge in [0.05, 0.1) is 12.1 Å². The first-order valence-corrected chi connectivity index (χ1v) is 12.3. The molecule has 0 bridgehead atoms. The number of carbonyl (C=O) groups excluding carboxylic acids is 4. The summed E-state index contributed by atoms with van der Waals surface area (Å²) < 4.78 is 0. The van der Waals surface area contributed by atoms with E-state index in [1.54, 1.807) is 30.3 Å². The summed E-state index contributed by atoms with van der Waals surface area (Å²) in [4.78, 5) is 65.1. The zero-order valence-corrected chi connectivity index (χ0v) is 21.7. The Balaban J connectivity index is 3.02. The van der Waals surface area contributed by atoms with Crippen LogP contribution in [0.4, 0.5) is 0 Å². The molecular formula is C24H38N8O7. The summed E-state index contributed by atoms with van der Waals surface area (Å²) in [6.07, 6.45) is -1.41. The van der Waals surface area contributed by atoms with Crippen molar-refractivity contribution in [2.24, 2.45) is 27.9 Å². The second kappa shape index (κ2) is 16.6. The highest BCUT2D eigenvalue weighted by molar-refractivity contribution is 5.94. The predicted molar refractivity (Wildman–Crippen MR) is 142 cm³/mol. The monoisotopic (exact) mass is 550 g/mol. The molecule has 5 unspecified atom stereocenters. The highest BCUT2D eigenvalue weighted by Gasteiger charge is 2.32. The van der Waals surface area contributed by atoms with Crippen molar-refractivity contribution in [2.45, 2.75) is 69.3 Å². The summed E-state index contributed by atoms with van der Waals surface area (Å²) in [6, 6.07) is 3.39. The Morgan fingerprint density at radius 3 is 2.05 bits per heavy atom. The molecule has 5 atom stereocenters. The molecule has 39 heavy (non-hydrogen) atoms. The lowest BCUT2D eigenvalue weighted by atomic mass is 10.0. The maximum absolute atomic E-state index is 13.1. The second-order valence-electron chi connectivity index (χ2n) is 8.94. The highest BCUT2D eigenvalue weighted by atomic mass is 16.4. The van der Waals surface area contributed by atoms with Crippen LogP contribution in [0.2, 0.25) is 0 Å². The van der Waals surface area contributed by atoms with E-state index >= 15 is 0 Å². The molecule has 13 N–H and O–H groups in total. The molecule has 15 heteroatoms. The zero-order valence-electron chi connectivity index (χ0n) is 21.7. The largest absolute Gasteiger partial charge is 0.480 e. The lowest BCUT2D eigenvalue weighted by Gasteiger charge is -2.26. The molecule has 1 aromatic rings. The minimum Gasteiger partial charge on any atom is -0.480 e. The molecule has 15 nitrogen and oxygen atoms in total. The van der Waals surface area contributed by atoms with Crippen LogP contribution in [0.1, 0.15) is 38.2 Å². The molecule has 4 amide bonds. The van der Waals surface area contributed by atoms with Gasteiger partial charge >= 0.3 is 5.97 Å². The van der Waals surface area contributed by atoms with E-state index in [-0.39, 0.29) is 44.6 Å². The number of guanidine groups is 1. The average Bonchev–Trinajstić information content (AvgIpc) is 2.86. The molecule has 0 saturated heterocycles. The van der Waals surface area contributed by atoms with Crippen molar-refractivity contribution < 1.29 is 34.2 Å². The SMILES string of the molecule is CC(O)C(NC(=O)C(N)CCC(N)=O)C(=O)NC(CCCN=C(N)N)C(=O)NC(Cc1ccccc1)C(=O)O. The molecular weight excluding hydrogens is 512 g/mol. The molecule has 1 aromatic carbocycles. The van der Waals surface area contributed by atoms with Crippen molar-refractivity contribution in [3.05, 3.63) is 35.9 Å². The standard InChI is InChI=1S/C24H38N8O7/c1-13(33)19(32-20(35)15(25)9-10-18(26)34)22(37)30-16(8-5-11-29-24(27)28)21(36)31-17(23(38)39)12-14-6-3-2-4-7-14/h2-4,6-7,13,15-17,19,33H,5,8-12,25H2,1H3,(H2,26,34)(H,30,37)(H,31,36)(H,32,35)(H,38,39)(H4,27,28,29). The zero-order chi connectivity index (χ0) is 29.5. The molecule has 0 radical (unpaired) electrons. The fourth-order valence-corrected chi connectivity index (χ4v) is 3.45. The van der Waals surface area contributed by atoms with Crippen LogP contribution in [0, 0.1) is 0 Å². The summed E-state index contributed by atoms with van der Waals surface area (Å²) in [5.74, 6) is -4.65. The number of hydrogen-bond acceptors (Lipinski definition) is 8. The van der Waals surface area contributed by atoms with E-state index in [1.165, 1.54) is 6.92 Å². The number of carbonyl (C=O) groups is 5. The average molecular weight is 551 g/mol. The Morgan fingerprint density at radius 1 is 0.897 bits per heavy atom. The number of hydrogen-bond donors (Lipinski definition) is 9. The predicted octanol–water partition coefficient (Wildman–Crippen LogP) is -3.20. The van der Waals surface area contributed by atoms with Crippen molar-refractivity contribution in [1.29, 1.82) is 0 Å². The lowest BCUT2D eigenvalue weighted by Crippen LogP contribution is -2.59. The van der Waals surface area contributed by atoms with Gasteiger partial charge in [-0.2, -0.15) is 0 Å². The van der Waals surface area contributed by atoms with Gasteiger partial charge < -0.3 is 49.1 Å². The van der Waals surface area contributed by atoms with Gasteiger partial charge in [0.25, 0.3) is 0 Å². The molecule has 0 spiro atoms. The normalized spacial score (nSPS) is 14.5. The van der Waals surface area contributed by atoms with Crippen molar-refractivity contribution in [1.82, 2.24) is 16.0 Å². The second-order valence-corrected chi connectivity index (χ2v) is 8.94. The van der Waals surface area contributed by atoms with Gasteiger partial charge in [-0.3, -0.25) is 24.2 Å². The number of primary amides is 1. The summed E-state index contributed by atoms with van der Waals surface area (Å²) >= 11 is 0. The quantitative estimate of drug-likeness (QED) is 0.0531. The molecule has 0 saturated carbocycles. The van der Waals surface area contributed by atoms with E-state index in [9.17, 15) is 34.2 Å². The number of aliphatic hydroxyl groups excluding tert-OH is 1. The van der Waals surface area contributed by atoms with E-state index in [4.69, 9.17) is 22.9 Å². The van der Waals surface area contributed by atoms with Gasteiger partial charge in [0.1, 0.15) is 18.1 Å². The van der Waals surface area contributed by atoms with Crippen LogP contribution in [-0.2, 0) is 30.4 Å². The van der Waals surface area contributed by atoms with Crippen LogP contribution >= 0.6 is 0 Å². The first kappa shape index (κ1) is 32.8. The molecule has 1 rings (SSSR count). The Hall–Kier alpha value is -4.24. The van der Waals surface area contributed by atoms with E-state index in [1.807, 2.05) is 0 Å². The number of benzene rings is 1. The summed E-state index contributed by atoms with van der Waals surface area (Å²) in [7, 11) is 0. The van der Waals surface area contributed by atoms with Gasteiger partial charge in [0.2, 0.25) is 23.6 Å². The number of aliphatic imine (C=N–C) groups is 1. The first-order valence-electron chi connectivity index (χ1n) is 12.3. The summed E-state index contributed by atoms with van der Waals surface area (Å²) in [6.45, 7) is 1.37.